The summed E-state index contributed by atoms with van der Waals surface area (Å²) in [6.45, 7) is 4.01. The SMILES string of the molecule is CC[C@H](C)N(C(=O)CSc1nc(C2CC2)n(-c2ccccc2)n1)[C@H]1CCS(=O)(=O)C1. The van der Waals surface area contributed by atoms with Crippen LogP contribution in [0.15, 0.2) is 35.5 Å². The molecule has 1 aliphatic heterocycles. The van der Waals surface area contributed by atoms with E-state index in [0.717, 1.165) is 30.8 Å². The molecule has 30 heavy (non-hydrogen) atoms. The van der Waals surface area contributed by atoms with Crippen molar-refractivity contribution in [1.82, 2.24) is 19.7 Å². The molecule has 2 heterocycles. The van der Waals surface area contributed by atoms with Gasteiger partial charge in [-0.05, 0) is 44.7 Å². The molecule has 2 aliphatic rings. The predicted octanol–water partition coefficient (Wildman–Crippen LogP) is 3.05. The number of amides is 1. The van der Waals surface area contributed by atoms with E-state index in [1.807, 2.05) is 48.9 Å². The van der Waals surface area contributed by atoms with Crippen LogP contribution in [0.3, 0.4) is 0 Å². The van der Waals surface area contributed by atoms with Gasteiger partial charge in [-0.3, -0.25) is 4.79 Å². The van der Waals surface area contributed by atoms with Crippen molar-refractivity contribution in [3.8, 4) is 5.69 Å². The molecule has 0 radical (unpaired) electrons. The summed E-state index contributed by atoms with van der Waals surface area (Å²) in [4.78, 5) is 19.6. The van der Waals surface area contributed by atoms with Gasteiger partial charge in [0.2, 0.25) is 11.1 Å². The standard InChI is InChI=1S/C21H28N4O3S2/c1-3-15(2)24(18-11-12-30(27,28)14-18)19(26)13-29-21-22-20(16-9-10-16)25(23-21)17-7-5-4-6-8-17/h4-8,15-16,18H,3,9-14H2,1-2H3/t15-,18-/m0/s1. The minimum Gasteiger partial charge on any atom is -0.335 e. The van der Waals surface area contributed by atoms with E-state index in [1.165, 1.54) is 11.8 Å². The molecule has 2 fully saturated rings. The van der Waals surface area contributed by atoms with Crippen LogP contribution in [0.4, 0.5) is 0 Å². The molecule has 2 aromatic rings. The molecule has 1 aromatic heterocycles. The summed E-state index contributed by atoms with van der Waals surface area (Å²) in [5, 5.41) is 5.26. The third-order valence-corrected chi connectivity index (χ3v) is 8.41. The first-order chi connectivity index (χ1) is 14.4. The number of aromatic nitrogens is 3. The number of nitrogens with zero attached hydrogens (tertiary/aromatic N) is 4. The third kappa shape index (κ3) is 4.72. The van der Waals surface area contributed by atoms with Gasteiger partial charge < -0.3 is 4.90 Å². The largest absolute Gasteiger partial charge is 0.335 e. The Kier molecular flexibility index (Phi) is 6.20. The minimum atomic E-state index is -3.05. The average Bonchev–Trinajstić information content (AvgIpc) is 3.40. The Morgan fingerprint density at radius 3 is 2.60 bits per heavy atom. The maximum Gasteiger partial charge on any atom is 0.233 e. The lowest BCUT2D eigenvalue weighted by atomic mass is 10.1. The number of carbonyl (C=O) groups excluding carboxylic acids is 1. The van der Waals surface area contributed by atoms with Gasteiger partial charge in [-0.25, -0.2) is 18.1 Å². The maximum absolute atomic E-state index is 13.1. The average molecular weight is 449 g/mol. The Labute approximate surface area is 182 Å². The molecule has 9 heteroatoms. The van der Waals surface area contributed by atoms with E-state index >= 15 is 0 Å². The quantitative estimate of drug-likeness (QED) is 0.577. The molecule has 4 rings (SSSR count). The lowest BCUT2D eigenvalue weighted by Gasteiger charge is -2.33. The minimum absolute atomic E-state index is 0.00765. The first-order valence-electron chi connectivity index (χ1n) is 10.5. The zero-order valence-corrected chi connectivity index (χ0v) is 19.0. The summed E-state index contributed by atoms with van der Waals surface area (Å²) >= 11 is 1.33. The number of sulfone groups is 1. The van der Waals surface area contributed by atoms with Gasteiger partial charge >= 0.3 is 0 Å². The van der Waals surface area contributed by atoms with Gasteiger partial charge in [0.15, 0.2) is 9.84 Å². The molecule has 0 spiro atoms. The summed E-state index contributed by atoms with van der Waals surface area (Å²) in [6.07, 6.45) is 3.55. The fourth-order valence-corrected chi connectivity index (χ4v) is 6.34. The van der Waals surface area contributed by atoms with Crippen molar-refractivity contribution in [1.29, 1.82) is 0 Å². The zero-order chi connectivity index (χ0) is 21.3. The number of carbonyl (C=O) groups is 1. The molecule has 1 amide bonds. The number of thioether (sulfide) groups is 1. The predicted molar refractivity (Wildman–Crippen MR) is 118 cm³/mol. The Bertz CT molecular complexity index is 1000. The van der Waals surface area contributed by atoms with Crippen LogP contribution in [-0.4, -0.2) is 63.3 Å². The van der Waals surface area contributed by atoms with E-state index in [2.05, 4.69) is 5.10 Å². The molecule has 0 bridgehead atoms. The van der Waals surface area contributed by atoms with Crippen LogP contribution in [0.5, 0.6) is 0 Å². The highest BCUT2D eigenvalue weighted by Crippen LogP contribution is 2.40. The van der Waals surface area contributed by atoms with Crippen LogP contribution in [0.25, 0.3) is 5.69 Å². The smallest absolute Gasteiger partial charge is 0.233 e. The Balaban J connectivity index is 1.48. The molecule has 1 aliphatic carbocycles. The van der Waals surface area contributed by atoms with E-state index < -0.39 is 9.84 Å². The van der Waals surface area contributed by atoms with Gasteiger partial charge in [0.1, 0.15) is 5.82 Å². The molecule has 0 N–H and O–H groups in total. The van der Waals surface area contributed by atoms with E-state index in [4.69, 9.17) is 4.98 Å². The summed E-state index contributed by atoms with van der Waals surface area (Å²) in [5.74, 6) is 1.80. The van der Waals surface area contributed by atoms with Crippen LogP contribution in [0.1, 0.15) is 51.3 Å². The molecule has 162 valence electrons. The van der Waals surface area contributed by atoms with E-state index in [0.29, 0.717) is 17.5 Å². The maximum atomic E-state index is 13.1. The van der Waals surface area contributed by atoms with Crippen molar-refractivity contribution in [3.05, 3.63) is 36.2 Å². The second kappa shape index (κ2) is 8.70. The highest BCUT2D eigenvalue weighted by Gasteiger charge is 2.36. The highest BCUT2D eigenvalue weighted by atomic mass is 32.2. The van der Waals surface area contributed by atoms with Gasteiger partial charge in [0, 0.05) is 18.0 Å². The number of hydrogen-bond donors (Lipinski definition) is 0. The number of benzene rings is 1. The van der Waals surface area contributed by atoms with E-state index in [-0.39, 0.29) is 35.2 Å². The van der Waals surface area contributed by atoms with Crippen molar-refractivity contribution < 1.29 is 13.2 Å². The molecule has 1 saturated carbocycles. The summed E-state index contributed by atoms with van der Waals surface area (Å²) in [5.41, 5.74) is 0.975. The van der Waals surface area contributed by atoms with Crippen molar-refractivity contribution in [2.24, 2.45) is 0 Å². The van der Waals surface area contributed by atoms with Gasteiger partial charge in [-0.2, -0.15) is 0 Å². The zero-order valence-electron chi connectivity index (χ0n) is 17.4. The molecular weight excluding hydrogens is 420 g/mol. The van der Waals surface area contributed by atoms with Crippen molar-refractivity contribution in [3.63, 3.8) is 0 Å². The molecule has 1 saturated heterocycles. The van der Waals surface area contributed by atoms with Gasteiger partial charge in [0.25, 0.3) is 0 Å². The van der Waals surface area contributed by atoms with Crippen molar-refractivity contribution >= 4 is 27.5 Å². The monoisotopic (exact) mass is 448 g/mol. The van der Waals surface area contributed by atoms with Crippen LogP contribution >= 0.6 is 11.8 Å². The normalized spacial score (nSPS) is 21.5. The van der Waals surface area contributed by atoms with Crippen molar-refractivity contribution in [2.45, 2.75) is 62.7 Å². The van der Waals surface area contributed by atoms with Crippen LogP contribution in [0, 0.1) is 0 Å². The topological polar surface area (TPSA) is 85.2 Å². The highest BCUT2D eigenvalue weighted by molar-refractivity contribution is 7.99. The molecule has 1 aromatic carbocycles. The molecule has 7 nitrogen and oxygen atoms in total. The summed E-state index contributed by atoms with van der Waals surface area (Å²) in [7, 11) is -3.05. The number of hydrogen-bond acceptors (Lipinski definition) is 6. The first kappa shape index (κ1) is 21.4. The molecular formula is C21H28N4O3S2. The Hall–Kier alpha value is -1.87. The second-order valence-electron chi connectivity index (χ2n) is 8.18. The number of rotatable bonds is 8. The summed E-state index contributed by atoms with van der Waals surface area (Å²) < 4.78 is 25.8. The third-order valence-electron chi connectivity index (χ3n) is 5.84. The van der Waals surface area contributed by atoms with E-state index in [1.54, 1.807) is 4.90 Å². The summed E-state index contributed by atoms with van der Waals surface area (Å²) in [6, 6.07) is 9.71. The van der Waals surface area contributed by atoms with Crippen LogP contribution in [-0.2, 0) is 14.6 Å². The first-order valence-corrected chi connectivity index (χ1v) is 13.4. The molecule has 2 atom stereocenters. The Morgan fingerprint density at radius 1 is 1.27 bits per heavy atom. The lowest BCUT2D eigenvalue weighted by molar-refractivity contribution is -0.132. The van der Waals surface area contributed by atoms with Gasteiger partial charge in [0.05, 0.1) is 22.9 Å². The number of para-hydroxylation sites is 1. The van der Waals surface area contributed by atoms with Crippen LogP contribution < -0.4 is 0 Å². The second-order valence-corrected chi connectivity index (χ2v) is 11.3. The van der Waals surface area contributed by atoms with Crippen molar-refractivity contribution in [2.75, 3.05) is 17.3 Å². The van der Waals surface area contributed by atoms with Crippen LogP contribution in [0.2, 0.25) is 0 Å². The lowest BCUT2D eigenvalue weighted by Crippen LogP contribution is -2.47. The Morgan fingerprint density at radius 2 is 2.00 bits per heavy atom. The molecule has 0 unspecified atom stereocenters. The fourth-order valence-electron chi connectivity index (χ4n) is 3.93. The van der Waals surface area contributed by atoms with E-state index in [9.17, 15) is 13.2 Å². The van der Waals surface area contributed by atoms with Gasteiger partial charge in [-0.1, -0.05) is 36.9 Å². The van der Waals surface area contributed by atoms with Gasteiger partial charge in [-0.15, -0.1) is 5.10 Å². The fraction of sp³-hybridized carbons (Fsp3) is 0.571.